The number of nitrogens with one attached hydrogen (secondary N) is 2. The molecule has 0 aliphatic carbocycles. The SMILES string of the molecule is CCc1cccc(NC(=O)Nc2ccc(-c3nc(CS(C)(=O)=O)cc(N4CCOCC4)n3)cc2)c1. The highest BCUT2D eigenvalue weighted by molar-refractivity contribution is 7.89. The van der Waals surface area contributed by atoms with Gasteiger partial charge in [0.15, 0.2) is 15.7 Å². The molecule has 4 rings (SSSR count). The lowest BCUT2D eigenvalue weighted by Gasteiger charge is -2.28. The molecule has 0 radical (unpaired) electrons. The van der Waals surface area contributed by atoms with Crippen molar-refractivity contribution in [1.82, 2.24) is 9.97 Å². The second-order valence-corrected chi connectivity index (χ2v) is 10.6. The van der Waals surface area contributed by atoms with Gasteiger partial charge in [-0.05, 0) is 48.4 Å². The number of benzene rings is 2. The van der Waals surface area contributed by atoms with Crippen molar-refractivity contribution < 1.29 is 17.9 Å². The molecular formula is C25H29N5O4S. The highest BCUT2D eigenvalue weighted by Gasteiger charge is 2.17. The zero-order valence-corrected chi connectivity index (χ0v) is 20.6. The zero-order valence-electron chi connectivity index (χ0n) is 19.8. The van der Waals surface area contributed by atoms with Crippen LogP contribution >= 0.6 is 0 Å². The number of hydrogen-bond donors (Lipinski definition) is 2. The number of nitrogens with zero attached hydrogens (tertiary/aromatic N) is 3. The Balaban J connectivity index is 1.52. The third-order valence-electron chi connectivity index (χ3n) is 5.50. The van der Waals surface area contributed by atoms with Gasteiger partial charge >= 0.3 is 6.03 Å². The van der Waals surface area contributed by atoms with Gasteiger partial charge in [0.05, 0.1) is 24.7 Å². The number of urea groups is 1. The van der Waals surface area contributed by atoms with Gasteiger partial charge in [-0.1, -0.05) is 19.1 Å². The molecule has 2 amide bonds. The predicted molar refractivity (Wildman–Crippen MR) is 138 cm³/mol. The smallest absolute Gasteiger partial charge is 0.323 e. The van der Waals surface area contributed by atoms with Crippen LogP contribution in [-0.4, -0.2) is 57.0 Å². The van der Waals surface area contributed by atoms with Crippen molar-refractivity contribution in [3.05, 3.63) is 65.9 Å². The van der Waals surface area contributed by atoms with Crippen molar-refractivity contribution in [2.45, 2.75) is 19.1 Å². The molecule has 0 bridgehead atoms. The lowest BCUT2D eigenvalue weighted by atomic mass is 10.1. The molecule has 1 aromatic heterocycles. The summed E-state index contributed by atoms with van der Waals surface area (Å²) in [5.41, 5.74) is 3.64. The molecule has 35 heavy (non-hydrogen) atoms. The summed E-state index contributed by atoms with van der Waals surface area (Å²) < 4.78 is 29.2. The molecule has 2 N–H and O–H groups in total. The van der Waals surface area contributed by atoms with Crippen molar-refractivity contribution in [1.29, 1.82) is 0 Å². The van der Waals surface area contributed by atoms with Crippen LogP contribution in [0.25, 0.3) is 11.4 Å². The van der Waals surface area contributed by atoms with Gasteiger partial charge in [-0.15, -0.1) is 0 Å². The molecule has 2 aromatic carbocycles. The molecule has 184 valence electrons. The number of morpholine rings is 1. The lowest BCUT2D eigenvalue weighted by molar-refractivity contribution is 0.122. The van der Waals surface area contributed by atoms with Crippen molar-refractivity contribution >= 4 is 33.1 Å². The van der Waals surface area contributed by atoms with E-state index in [2.05, 4.69) is 32.4 Å². The van der Waals surface area contributed by atoms with Crippen LogP contribution in [0.5, 0.6) is 0 Å². The number of carbonyl (C=O) groups excluding carboxylic acids is 1. The number of amides is 2. The van der Waals surface area contributed by atoms with Crippen LogP contribution in [0.1, 0.15) is 18.2 Å². The minimum atomic E-state index is -3.26. The van der Waals surface area contributed by atoms with E-state index >= 15 is 0 Å². The van der Waals surface area contributed by atoms with E-state index in [1.54, 1.807) is 30.3 Å². The number of sulfone groups is 1. The largest absolute Gasteiger partial charge is 0.378 e. The fourth-order valence-electron chi connectivity index (χ4n) is 3.77. The van der Waals surface area contributed by atoms with Crippen LogP contribution in [-0.2, 0) is 26.7 Å². The van der Waals surface area contributed by atoms with E-state index in [9.17, 15) is 13.2 Å². The Hall–Kier alpha value is -3.50. The van der Waals surface area contributed by atoms with Crippen LogP contribution in [0.15, 0.2) is 54.6 Å². The highest BCUT2D eigenvalue weighted by Crippen LogP contribution is 2.24. The first-order valence-electron chi connectivity index (χ1n) is 11.4. The second kappa shape index (κ2) is 10.8. The molecule has 1 aliphatic rings. The van der Waals surface area contributed by atoms with Crippen molar-refractivity contribution in [3.63, 3.8) is 0 Å². The lowest BCUT2D eigenvalue weighted by Crippen LogP contribution is -2.37. The fraction of sp³-hybridized carbons (Fsp3) is 0.320. The topological polar surface area (TPSA) is 114 Å². The first kappa shape index (κ1) is 24.6. The number of ether oxygens (including phenoxy) is 1. The maximum Gasteiger partial charge on any atom is 0.323 e. The fourth-order valence-corrected chi connectivity index (χ4v) is 4.46. The molecule has 2 heterocycles. The number of aryl methyl sites for hydroxylation is 1. The molecule has 0 spiro atoms. The molecule has 9 nitrogen and oxygen atoms in total. The van der Waals surface area contributed by atoms with Gasteiger partial charge < -0.3 is 20.3 Å². The summed E-state index contributed by atoms with van der Waals surface area (Å²) in [6.07, 6.45) is 2.08. The standard InChI is InChI=1S/C25H29N5O4S/c1-3-18-5-4-6-21(15-18)28-25(31)27-20-9-7-19(8-10-20)24-26-22(17-35(2,32)33)16-23(29-24)30-11-13-34-14-12-30/h4-10,15-16H,3,11-14,17H2,1-2H3,(H2,27,28,31). The minimum absolute atomic E-state index is 0.168. The Morgan fingerprint density at radius 3 is 2.40 bits per heavy atom. The van der Waals surface area contributed by atoms with Crippen molar-refractivity contribution in [2.75, 3.05) is 48.1 Å². The number of carbonyl (C=O) groups is 1. The van der Waals surface area contributed by atoms with Gasteiger partial charge in [0.2, 0.25) is 0 Å². The maximum absolute atomic E-state index is 12.4. The van der Waals surface area contributed by atoms with E-state index in [1.807, 2.05) is 24.3 Å². The monoisotopic (exact) mass is 495 g/mol. The Kier molecular flexibility index (Phi) is 7.62. The van der Waals surface area contributed by atoms with E-state index < -0.39 is 9.84 Å². The number of anilines is 3. The summed E-state index contributed by atoms with van der Waals surface area (Å²) >= 11 is 0. The third kappa shape index (κ3) is 7.00. The summed E-state index contributed by atoms with van der Waals surface area (Å²) in [5, 5.41) is 5.66. The molecule has 1 aliphatic heterocycles. The molecule has 1 saturated heterocycles. The van der Waals surface area contributed by atoms with E-state index in [1.165, 1.54) is 6.26 Å². The number of hydrogen-bond acceptors (Lipinski definition) is 7. The summed E-state index contributed by atoms with van der Waals surface area (Å²) in [5.74, 6) is 0.937. The molecule has 0 unspecified atom stereocenters. The van der Waals surface area contributed by atoms with E-state index in [4.69, 9.17) is 4.74 Å². The van der Waals surface area contributed by atoms with Crippen molar-refractivity contribution in [2.24, 2.45) is 0 Å². The van der Waals surface area contributed by atoms with Gasteiger partial charge in [-0.2, -0.15) is 0 Å². The molecule has 0 saturated carbocycles. The molecule has 0 atom stereocenters. The quantitative estimate of drug-likeness (QED) is 0.513. The molecular weight excluding hydrogens is 466 g/mol. The zero-order chi connectivity index (χ0) is 24.8. The number of aromatic nitrogens is 2. The highest BCUT2D eigenvalue weighted by atomic mass is 32.2. The van der Waals surface area contributed by atoms with Crippen LogP contribution in [0.4, 0.5) is 22.0 Å². The average molecular weight is 496 g/mol. The predicted octanol–water partition coefficient (Wildman–Crippen LogP) is 3.73. The van der Waals surface area contributed by atoms with Crippen LogP contribution < -0.4 is 15.5 Å². The van der Waals surface area contributed by atoms with Crippen LogP contribution in [0.2, 0.25) is 0 Å². The molecule has 10 heteroatoms. The summed E-state index contributed by atoms with van der Waals surface area (Å²) in [6.45, 7) is 4.59. The van der Waals surface area contributed by atoms with Gasteiger partial charge in [-0.25, -0.2) is 23.2 Å². The minimum Gasteiger partial charge on any atom is -0.378 e. The van der Waals surface area contributed by atoms with E-state index in [-0.39, 0.29) is 11.8 Å². The van der Waals surface area contributed by atoms with E-state index in [0.29, 0.717) is 49.3 Å². The van der Waals surface area contributed by atoms with Crippen molar-refractivity contribution in [3.8, 4) is 11.4 Å². The summed E-state index contributed by atoms with van der Waals surface area (Å²) in [7, 11) is -3.26. The molecule has 1 fully saturated rings. The van der Waals surface area contributed by atoms with Crippen LogP contribution in [0.3, 0.4) is 0 Å². The second-order valence-electron chi connectivity index (χ2n) is 8.42. The third-order valence-corrected chi connectivity index (χ3v) is 6.33. The van der Waals surface area contributed by atoms with Gasteiger partial charge in [0.25, 0.3) is 0 Å². The maximum atomic E-state index is 12.4. The summed E-state index contributed by atoms with van der Waals surface area (Å²) in [6, 6.07) is 16.2. The Labute approximate surface area is 205 Å². The summed E-state index contributed by atoms with van der Waals surface area (Å²) in [4.78, 5) is 23.7. The molecule has 3 aromatic rings. The van der Waals surface area contributed by atoms with Gasteiger partial charge in [0.1, 0.15) is 5.82 Å². The van der Waals surface area contributed by atoms with Gasteiger partial charge in [0, 0.05) is 42.3 Å². The van der Waals surface area contributed by atoms with E-state index in [0.717, 1.165) is 23.2 Å². The first-order valence-corrected chi connectivity index (χ1v) is 13.5. The Morgan fingerprint density at radius 2 is 1.71 bits per heavy atom. The Morgan fingerprint density at radius 1 is 1.00 bits per heavy atom. The first-order chi connectivity index (χ1) is 16.8. The van der Waals surface area contributed by atoms with Crippen LogP contribution in [0, 0.1) is 0 Å². The van der Waals surface area contributed by atoms with Gasteiger partial charge in [-0.3, -0.25) is 0 Å². The average Bonchev–Trinajstić information content (AvgIpc) is 2.84. The number of rotatable bonds is 7. The Bertz CT molecular complexity index is 1290. The normalized spacial score (nSPS) is 13.9.